The van der Waals surface area contributed by atoms with Crippen molar-refractivity contribution in [2.45, 2.75) is 42.5 Å². The average Bonchev–Trinajstić information content (AvgIpc) is 2.82. The lowest BCUT2D eigenvalue weighted by Crippen LogP contribution is -2.33. The van der Waals surface area contributed by atoms with Crippen LogP contribution in [-0.4, -0.2) is 41.4 Å². The van der Waals surface area contributed by atoms with Crippen molar-refractivity contribution < 1.29 is 30.1 Å². The molecule has 3 aromatic rings. The first-order valence-electron chi connectivity index (χ1n) is 11.2. The van der Waals surface area contributed by atoms with Gasteiger partial charge >= 0.3 is 10.1 Å². The fourth-order valence-corrected chi connectivity index (χ4v) is 5.73. The first-order valence-corrected chi connectivity index (χ1v) is 14.1. The molecule has 0 saturated heterocycles. The van der Waals surface area contributed by atoms with Gasteiger partial charge in [0.05, 0.1) is 11.5 Å². The summed E-state index contributed by atoms with van der Waals surface area (Å²) in [7, 11) is -6.46. The molecule has 0 fully saturated rings. The summed E-state index contributed by atoms with van der Waals surface area (Å²) in [5, 5.41) is 0. The summed E-state index contributed by atoms with van der Waals surface area (Å²) < 4.78 is 76.2. The van der Waals surface area contributed by atoms with Crippen LogP contribution in [0.5, 0.6) is 5.75 Å². The molecule has 0 atom stereocenters. The normalized spacial score (nSPS) is 12.6. The highest BCUT2D eigenvalue weighted by atomic mass is 32.2. The molecule has 0 amide bonds. The summed E-state index contributed by atoms with van der Waals surface area (Å²) in [4.78, 5) is -0.000706. The van der Waals surface area contributed by atoms with E-state index < -0.39 is 26.0 Å². The molecule has 0 aliphatic rings. The molecule has 0 bridgehead atoms. The number of rotatable bonds is 10. The Labute approximate surface area is 212 Å². The smallest absolute Gasteiger partial charge is 0.339 e. The lowest BCUT2D eigenvalue weighted by atomic mass is 9.87. The second-order valence-corrected chi connectivity index (χ2v) is 12.7. The Morgan fingerprint density at radius 1 is 0.806 bits per heavy atom. The van der Waals surface area contributed by atoms with Crippen LogP contribution in [0.3, 0.4) is 0 Å². The SMILES string of the molecule is COCCN(Cc1ccc(OS(=O)(=O)c2ccc(F)cc2)cc1)S(=O)(=O)c1ccc(C(C)(C)C)cc1. The van der Waals surface area contributed by atoms with Crippen LogP contribution in [0, 0.1) is 5.82 Å². The van der Waals surface area contributed by atoms with E-state index in [9.17, 15) is 21.2 Å². The van der Waals surface area contributed by atoms with Crippen LogP contribution in [0.25, 0.3) is 0 Å². The zero-order valence-electron chi connectivity index (χ0n) is 20.6. The summed E-state index contributed by atoms with van der Waals surface area (Å²) in [5.74, 6) is -0.511. The van der Waals surface area contributed by atoms with Gasteiger partial charge in [-0.1, -0.05) is 45.0 Å². The van der Waals surface area contributed by atoms with E-state index in [0.29, 0.717) is 5.56 Å². The Hall–Kier alpha value is -2.79. The second kappa shape index (κ2) is 11.1. The van der Waals surface area contributed by atoms with E-state index in [4.69, 9.17) is 8.92 Å². The monoisotopic (exact) mass is 535 g/mol. The molecule has 3 aromatic carbocycles. The molecule has 0 heterocycles. The van der Waals surface area contributed by atoms with Crippen LogP contribution in [0.15, 0.2) is 82.6 Å². The van der Waals surface area contributed by atoms with Crippen molar-refractivity contribution in [1.82, 2.24) is 4.31 Å². The van der Waals surface area contributed by atoms with Gasteiger partial charge in [0.15, 0.2) is 0 Å². The summed E-state index contributed by atoms with van der Waals surface area (Å²) >= 11 is 0. The molecule has 36 heavy (non-hydrogen) atoms. The van der Waals surface area contributed by atoms with Crippen LogP contribution >= 0.6 is 0 Å². The lowest BCUT2D eigenvalue weighted by molar-refractivity contribution is 0.177. The third-order valence-electron chi connectivity index (χ3n) is 5.49. The topological polar surface area (TPSA) is 90.0 Å². The molecular weight excluding hydrogens is 505 g/mol. The Morgan fingerprint density at radius 3 is 1.89 bits per heavy atom. The van der Waals surface area contributed by atoms with Crippen molar-refractivity contribution in [1.29, 1.82) is 0 Å². The maximum absolute atomic E-state index is 13.4. The summed E-state index contributed by atoms with van der Waals surface area (Å²) in [6.45, 7) is 6.56. The average molecular weight is 536 g/mol. The van der Waals surface area contributed by atoms with Crippen LogP contribution in [0.1, 0.15) is 31.9 Å². The number of sulfonamides is 1. The van der Waals surface area contributed by atoms with E-state index in [2.05, 4.69) is 20.8 Å². The Bertz CT molecular complexity index is 1360. The van der Waals surface area contributed by atoms with E-state index in [1.165, 1.54) is 23.5 Å². The summed E-state index contributed by atoms with van der Waals surface area (Å²) in [6.07, 6.45) is 0. The zero-order valence-corrected chi connectivity index (χ0v) is 22.3. The molecule has 0 spiro atoms. The van der Waals surface area contributed by atoms with Crippen molar-refractivity contribution in [2.75, 3.05) is 20.3 Å². The number of ether oxygens (including phenoxy) is 1. The number of nitrogens with zero attached hydrogens (tertiary/aromatic N) is 1. The van der Waals surface area contributed by atoms with E-state index in [-0.39, 0.29) is 40.7 Å². The Kier molecular flexibility index (Phi) is 8.55. The van der Waals surface area contributed by atoms with Gasteiger partial charge in [-0.15, -0.1) is 0 Å². The minimum absolute atomic E-state index is 0.0483. The molecule has 10 heteroatoms. The predicted molar refractivity (Wildman–Crippen MR) is 135 cm³/mol. The van der Waals surface area contributed by atoms with Crippen LogP contribution < -0.4 is 4.18 Å². The molecule has 0 N–H and O–H groups in total. The van der Waals surface area contributed by atoms with Gasteiger partial charge in [-0.05, 0) is 65.1 Å². The van der Waals surface area contributed by atoms with Crippen molar-refractivity contribution >= 4 is 20.1 Å². The van der Waals surface area contributed by atoms with Gasteiger partial charge < -0.3 is 8.92 Å². The molecule has 0 unspecified atom stereocenters. The molecule has 0 aromatic heterocycles. The lowest BCUT2D eigenvalue weighted by Gasteiger charge is -2.23. The number of methoxy groups -OCH3 is 1. The quantitative estimate of drug-likeness (QED) is 0.349. The van der Waals surface area contributed by atoms with Crippen LogP contribution in [0.4, 0.5) is 4.39 Å². The van der Waals surface area contributed by atoms with Gasteiger partial charge in [0.2, 0.25) is 10.0 Å². The van der Waals surface area contributed by atoms with E-state index in [0.717, 1.165) is 29.8 Å². The van der Waals surface area contributed by atoms with Gasteiger partial charge in [-0.25, -0.2) is 12.8 Å². The van der Waals surface area contributed by atoms with Crippen molar-refractivity contribution in [3.05, 3.63) is 89.7 Å². The van der Waals surface area contributed by atoms with E-state index >= 15 is 0 Å². The number of benzene rings is 3. The largest absolute Gasteiger partial charge is 0.383 e. The van der Waals surface area contributed by atoms with Gasteiger partial charge in [0, 0.05) is 20.2 Å². The van der Waals surface area contributed by atoms with Crippen molar-refractivity contribution in [2.24, 2.45) is 0 Å². The van der Waals surface area contributed by atoms with Crippen LogP contribution in [0.2, 0.25) is 0 Å². The zero-order chi connectivity index (χ0) is 26.6. The molecule has 7 nitrogen and oxygen atoms in total. The summed E-state index contributed by atoms with van der Waals surface area (Å²) in [6, 6.07) is 17.2. The van der Waals surface area contributed by atoms with E-state index in [1.807, 2.05) is 12.1 Å². The van der Waals surface area contributed by atoms with Gasteiger partial charge in [-0.2, -0.15) is 12.7 Å². The maximum atomic E-state index is 13.4. The molecule has 0 radical (unpaired) electrons. The first-order chi connectivity index (χ1) is 16.8. The highest BCUT2D eigenvalue weighted by Crippen LogP contribution is 2.26. The highest BCUT2D eigenvalue weighted by molar-refractivity contribution is 7.89. The molecule has 194 valence electrons. The maximum Gasteiger partial charge on any atom is 0.339 e. The standard InChI is InChI=1S/C26H30FNO6S2/c1-26(2,3)21-7-13-24(14-8-21)35(29,30)28(17-18-33-4)19-20-5-11-23(12-6-20)34-36(31,32)25-15-9-22(27)10-16-25/h5-16H,17-19H2,1-4H3. The fourth-order valence-electron chi connectivity index (χ4n) is 3.38. The molecule has 0 saturated carbocycles. The molecule has 3 rings (SSSR count). The fraction of sp³-hybridized carbons (Fsp3) is 0.308. The van der Waals surface area contributed by atoms with Gasteiger partial charge in [0.1, 0.15) is 16.5 Å². The molecule has 0 aliphatic carbocycles. The third-order valence-corrected chi connectivity index (χ3v) is 8.61. The Balaban J connectivity index is 1.79. The highest BCUT2D eigenvalue weighted by Gasteiger charge is 2.25. The number of halogens is 1. The Morgan fingerprint density at radius 2 is 1.36 bits per heavy atom. The van der Waals surface area contributed by atoms with Crippen LogP contribution in [-0.2, 0) is 36.8 Å². The second-order valence-electron chi connectivity index (χ2n) is 9.24. The molecular formula is C26H30FNO6S2. The number of hydrogen-bond donors (Lipinski definition) is 0. The minimum Gasteiger partial charge on any atom is -0.383 e. The third kappa shape index (κ3) is 6.91. The predicted octanol–water partition coefficient (Wildman–Crippen LogP) is 4.73. The van der Waals surface area contributed by atoms with Gasteiger partial charge in [0.25, 0.3) is 0 Å². The van der Waals surface area contributed by atoms with Crippen molar-refractivity contribution in [3.63, 3.8) is 0 Å². The molecule has 0 aliphatic heterocycles. The van der Waals surface area contributed by atoms with E-state index in [1.54, 1.807) is 24.3 Å². The van der Waals surface area contributed by atoms with Gasteiger partial charge in [-0.3, -0.25) is 0 Å². The number of hydrogen-bond acceptors (Lipinski definition) is 6. The summed E-state index contributed by atoms with van der Waals surface area (Å²) in [5.41, 5.74) is 1.55. The minimum atomic E-state index is -4.14. The van der Waals surface area contributed by atoms with Crippen molar-refractivity contribution in [3.8, 4) is 5.75 Å². The first kappa shape index (κ1) is 27.8.